The highest BCUT2D eigenvalue weighted by Crippen LogP contribution is 2.43. The number of anilines is 1. The van der Waals surface area contributed by atoms with Crippen LogP contribution in [0.15, 0.2) is 21.3 Å². The molecule has 0 amide bonds. The van der Waals surface area contributed by atoms with Crippen molar-refractivity contribution in [3.05, 3.63) is 28.5 Å². The number of aromatic nitrogens is 2. The molecule has 3 heterocycles. The van der Waals surface area contributed by atoms with Crippen LogP contribution in [0.5, 0.6) is 0 Å². The van der Waals surface area contributed by atoms with Crippen molar-refractivity contribution in [3.63, 3.8) is 0 Å². The molecule has 0 saturated carbocycles. The lowest BCUT2D eigenvalue weighted by Crippen LogP contribution is -1.88. The summed E-state index contributed by atoms with van der Waals surface area (Å²) in [4.78, 5) is 5.84. The van der Waals surface area contributed by atoms with Crippen LogP contribution in [0.3, 0.4) is 0 Å². The number of hydrogen-bond acceptors (Lipinski definition) is 6. The lowest BCUT2D eigenvalue weighted by molar-refractivity contribution is 0.432. The molecule has 6 heteroatoms. The fourth-order valence-corrected chi connectivity index (χ4v) is 3.86. The van der Waals surface area contributed by atoms with Gasteiger partial charge in [0.05, 0.1) is 22.4 Å². The number of nitrogen functional groups attached to an aromatic ring is 1. The van der Waals surface area contributed by atoms with Crippen LogP contribution in [0, 0.1) is 6.92 Å². The molecule has 0 unspecified atom stereocenters. The lowest BCUT2D eigenvalue weighted by Gasteiger charge is -1.96. The van der Waals surface area contributed by atoms with Crippen LogP contribution in [0.25, 0.3) is 22.8 Å². The van der Waals surface area contributed by atoms with Crippen molar-refractivity contribution >= 4 is 16.3 Å². The van der Waals surface area contributed by atoms with Gasteiger partial charge in [-0.1, -0.05) is 5.16 Å². The molecule has 0 aliphatic heterocycles. The number of rotatable bonds is 2. The Labute approximate surface area is 119 Å². The molecule has 0 aromatic carbocycles. The van der Waals surface area contributed by atoms with Crippen molar-refractivity contribution in [2.75, 3.05) is 5.73 Å². The van der Waals surface area contributed by atoms with Gasteiger partial charge in [0, 0.05) is 4.88 Å². The number of hydrogen-bond donors (Lipinski definition) is 1. The van der Waals surface area contributed by atoms with Gasteiger partial charge in [-0.15, -0.1) is 11.3 Å². The lowest BCUT2D eigenvalue weighted by atomic mass is 10.1. The van der Waals surface area contributed by atoms with Crippen molar-refractivity contribution in [2.24, 2.45) is 0 Å². The largest absolute Gasteiger partial charge is 0.469 e. The van der Waals surface area contributed by atoms with Gasteiger partial charge >= 0.3 is 0 Å². The highest BCUT2D eigenvalue weighted by Gasteiger charge is 2.26. The summed E-state index contributed by atoms with van der Waals surface area (Å²) in [5.74, 6) is 1.84. The summed E-state index contributed by atoms with van der Waals surface area (Å²) in [7, 11) is 0. The smallest absolute Gasteiger partial charge is 0.261 e. The van der Waals surface area contributed by atoms with Gasteiger partial charge in [-0.25, -0.2) is 0 Å². The molecule has 102 valence electrons. The second-order valence-electron chi connectivity index (χ2n) is 4.91. The third-order valence-electron chi connectivity index (χ3n) is 3.69. The average Bonchev–Trinajstić information content (AvgIpc) is 3.12. The normalized spacial score (nSPS) is 13.8. The van der Waals surface area contributed by atoms with Crippen LogP contribution in [-0.4, -0.2) is 10.1 Å². The number of fused-ring (bicyclic) bond motifs is 1. The SMILES string of the molecule is Cc1occc1-c1noc(-c2c(N)sc3c2CCC3)n1. The molecule has 0 atom stereocenters. The van der Waals surface area contributed by atoms with Crippen molar-refractivity contribution in [1.29, 1.82) is 0 Å². The number of furan rings is 1. The van der Waals surface area contributed by atoms with Gasteiger partial charge in [0.25, 0.3) is 5.89 Å². The van der Waals surface area contributed by atoms with Crippen LogP contribution in [0.2, 0.25) is 0 Å². The second kappa shape index (κ2) is 4.21. The van der Waals surface area contributed by atoms with Crippen LogP contribution in [0.1, 0.15) is 22.6 Å². The Balaban J connectivity index is 1.81. The molecule has 0 radical (unpaired) electrons. The van der Waals surface area contributed by atoms with E-state index in [-0.39, 0.29) is 0 Å². The third-order valence-corrected chi connectivity index (χ3v) is 4.81. The average molecular weight is 287 g/mol. The summed E-state index contributed by atoms with van der Waals surface area (Å²) < 4.78 is 10.7. The standard InChI is InChI=1S/C14H13N3O2S/c1-7-8(5-6-18-7)13-16-14(19-17-13)11-9-3-2-4-10(9)20-12(11)15/h5-6H,2-4,15H2,1H3. The fraction of sp³-hybridized carbons (Fsp3) is 0.286. The van der Waals surface area contributed by atoms with Crippen LogP contribution < -0.4 is 5.73 Å². The van der Waals surface area contributed by atoms with E-state index in [1.165, 1.54) is 16.9 Å². The summed E-state index contributed by atoms with van der Waals surface area (Å²) in [5.41, 5.74) is 9.18. The zero-order chi connectivity index (χ0) is 13.7. The van der Waals surface area contributed by atoms with Gasteiger partial charge < -0.3 is 14.7 Å². The van der Waals surface area contributed by atoms with Crippen LogP contribution >= 0.6 is 11.3 Å². The first-order valence-corrected chi connectivity index (χ1v) is 7.34. The van der Waals surface area contributed by atoms with Gasteiger partial charge in [-0.3, -0.25) is 0 Å². The maximum absolute atomic E-state index is 6.11. The Morgan fingerprint density at radius 3 is 3.05 bits per heavy atom. The monoisotopic (exact) mass is 287 g/mol. The zero-order valence-electron chi connectivity index (χ0n) is 11.0. The molecule has 3 aromatic heterocycles. The maximum atomic E-state index is 6.11. The fourth-order valence-electron chi connectivity index (χ4n) is 2.71. The highest BCUT2D eigenvalue weighted by atomic mass is 32.1. The summed E-state index contributed by atoms with van der Waals surface area (Å²) in [6, 6.07) is 1.84. The van der Waals surface area contributed by atoms with Gasteiger partial charge in [0.1, 0.15) is 5.76 Å². The third kappa shape index (κ3) is 1.61. The highest BCUT2D eigenvalue weighted by molar-refractivity contribution is 7.16. The first-order chi connectivity index (χ1) is 9.74. The molecule has 0 spiro atoms. The summed E-state index contributed by atoms with van der Waals surface area (Å²) in [5, 5.41) is 4.82. The van der Waals surface area contributed by atoms with E-state index in [1.54, 1.807) is 17.6 Å². The van der Waals surface area contributed by atoms with Crippen LogP contribution in [-0.2, 0) is 12.8 Å². The van der Waals surface area contributed by atoms with Gasteiger partial charge in [0.2, 0.25) is 5.82 Å². The summed E-state index contributed by atoms with van der Waals surface area (Å²) >= 11 is 1.64. The molecule has 4 rings (SSSR count). The van der Waals surface area contributed by atoms with E-state index in [0.717, 1.165) is 34.7 Å². The minimum Gasteiger partial charge on any atom is -0.469 e. The molecule has 0 fully saturated rings. The second-order valence-corrected chi connectivity index (χ2v) is 6.05. The molecule has 1 aliphatic carbocycles. The number of nitrogens with two attached hydrogens (primary N) is 1. The van der Waals surface area contributed by atoms with Crippen LogP contribution in [0.4, 0.5) is 5.00 Å². The topological polar surface area (TPSA) is 78.1 Å². The molecule has 0 saturated heterocycles. The van der Waals surface area contributed by atoms with E-state index < -0.39 is 0 Å². The molecular weight excluding hydrogens is 274 g/mol. The maximum Gasteiger partial charge on any atom is 0.261 e. The van der Waals surface area contributed by atoms with Crippen molar-refractivity contribution in [2.45, 2.75) is 26.2 Å². The van der Waals surface area contributed by atoms with E-state index in [9.17, 15) is 0 Å². The molecule has 20 heavy (non-hydrogen) atoms. The van der Waals surface area contributed by atoms with Gasteiger partial charge in [0.15, 0.2) is 0 Å². The Hall–Kier alpha value is -2.08. The Morgan fingerprint density at radius 2 is 2.25 bits per heavy atom. The summed E-state index contributed by atoms with van der Waals surface area (Å²) in [6.45, 7) is 1.88. The molecule has 0 bridgehead atoms. The van der Waals surface area contributed by atoms with E-state index >= 15 is 0 Å². The number of thiophene rings is 1. The van der Waals surface area contributed by atoms with Gasteiger partial charge in [-0.05, 0) is 37.8 Å². The molecule has 5 nitrogen and oxygen atoms in total. The molecular formula is C14H13N3O2S. The van der Waals surface area contributed by atoms with E-state index in [2.05, 4.69) is 10.1 Å². The van der Waals surface area contributed by atoms with E-state index in [0.29, 0.717) is 11.7 Å². The quantitative estimate of drug-likeness (QED) is 0.781. The Bertz CT molecular complexity index is 784. The van der Waals surface area contributed by atoms with E-state index in [1.807, 2.05) is 13.0 Å². The molecule has 1 aliphatic rings. The predicted molar refractivity (Wildman–Crippen MR) is 76.5 cm³/mol. The number of nitrogens with zero attached hydrogens (tertiary/aromatic N) is 2. The number of aryl methyl sites for hydroxylation is 2. The molecule has 2 N–H and O–H groups in total. The zero-order valence-corrected chi connectivity index (χ0v) is 11.8. The Kier molecular flexibility index (Phi) is 2.47. The van der Waals surface area contributed by atoms with Gasteiger partial charge in [-0.2, -0.15) is 4.98 Å². The first-order valence-electron chi connectivity index (χ1n) is 6.52. The Morgan fingerprint density at radius 1 is 1.35 bits per heavy atom. The predicted octanol–water partition coefficient (Wildman–Crippen LogP) is 3.44. The minimum atomic E-state index is 0.512. The summed E-state index contributed by atoms with van der Waals surface area (Å²) in [6.07, 6.45) is 4.94. The minimum absolute atomic E-state index is 0.512. The molecule has 3 aromatic rings. The van der Waals surface area contributed by atoms with Crippen molar-refractivity contribution in [3.8, 4) is 22.8 Å². The van der Waals surface area contributed by atoms with Crippen molar-refractivity contribution in [1.82, 2.24) is 10.1 Å². The van der Waals surface area contributed by atoms with E-state index in [4.69, 9.17) is 14.7 Å². The van der Waals surface area contributed by atoms with Crippen molar-refractivity contribution < 1.29 is 8.94 Å². The first kappa shape index (κ1) is 11.7.